The van der Waals surface area contributed by atoms with Crippen molar-refractivity contribution in [2.75, 3.05) is 5.32 Å². The highest BCUT2D eigenvalue weighted by atomic mass is 79.9. The molecular weight excluding hydrogens is 416 g/mol. The normalized spacial score (nSPS) is 11.0. The minimum absolute atomic E-state index is 0.0145. The van der Waals surface area contributed by atoms with Gasteiger partial charge in [-0.25, -0.2) is 4.98 Å². The lowest BCUT2D eigenvalue weighted by Gasteiger charge is -2.04. The molecule has 6 nitrogen and oxygen atoms in total. The van der Waals surface area contributed by atoms with Crippen LogP contribution in [-0.2, 0) is 0 Å². The molecule has 0 bridgehead atoms. The van der Waals surface area contributed by atoms with E-state index in [9.17, 15) is 15.4 Å². The quantitative estimate of drug-likeness (QED) is 0.332. The number of nitrogens with zero attached hydrogens (tertiary/aromatic N) is 3. The van der Waals surface area contributed by atoms with Crippen molar-refractivity contribution in [3.05, 3.63) is 79.7 Å². The van der Waals surface area contributed by atoms with Crippen molar-refractivity contribution in [2.24, 2.45) is 0 Å². The van der Waals surface area contributed by atoms with E-state index >= 15 is 0 Å². The zero-order chi connectivity index (χ0) is 18.5. The summed E-state index contributed by atoms with van der Waals surface area (Å²) in [7, 11) is 0. The number of thiazole rings is 1. The van der Waals surface area contributed by atoms with Crippen molar-refractivity contribution in [2.45, 2.75) is 0 Å². The molecule has 1 heterocycles. The second kappa shape index (κ2) is 7.91. The lowest BCUT2D eigenvalue weighted by molar-refractivity contribution is -0.384. The molecule has 0 aliphatic heterocycles. The summed E-state index contributed by atoms with van der Waals surface area (Å²) in [6, 6.07) is 16.2. The molecule has 0 aliphatic rings. The van der Waals surface area contributed by atoms with Crippen molar-refractivity contribution in [3.63, 3.8) is 0 Å². The minimum Gasteiger partial charge on any atom is -0.359 e. The second-order valence-corrected chi connectivity index (χ2v) is 6.85. The number of non-ortho nitro benzene ring substituents is 1. The van der Waals surface area contributed by atoms with Gasteiger partial charge in [0.25, 0.3) is 5.69 Å². The SMILES string of the molecule is N#C/C(=C\Nc1ccc([N+](=O)[O-])cc1Br)c1nc(-c2ccccc2)cs1. The van der Waals surface area contributed by atoms with Crippen LogP contribution in [0.5, 0.6) is 0 Å². The van der Waals surface area contributed by atoms with E-state index < -0.39 is 4.92 Å². The third kappa shape index (κ3) is 3.96. The molecule has 2 aromatic carbocycles. The molecule has 0 spiro atoms. The fraction of sp³-hybridized carbons (Fsp3) is 0. The van der Waals surface area contributed by atoms with Gasteiger partial charge in [-0.15, -0.1) is 11.3 Å². The molecule has 0 fully saturated rings. The maximum atomic E-state index is 10.8. The highest BCUT2D eigenvalue weighted by Crippen LogP contribution is 2.29. The molecule has 0 aliphatic carbocycles. The van der Waals surface area contributed by atoms with E-state index in [0.717, 1.165) is 11.3 Å². The molecule has 26 heavy (non-hydrogen) atoms. The van der Waals surface area contributed by atoms with Crippen molar-refractivity contribution < 1.29 is 4.92 Å². The number of hydrogen-bond donors (Lipinski definition) is 1. The highest BCUT2D eigenvalue weighted by molar-refractivity contribution is 9.10. The Bertz CT molecular complexity index is 1030. The molecule has 0 saturated carbocycles. The number of halogens is 1. The third-order valence-corrected chi connectivity index (χ3v) is 4.99. The molecular formula is C18H11BrN4O2S. The van der Waals surface area contributed by atoms with Crippen LogP contribution in [0, 0.1) is 21.4 Å². The standard InChI is InChI=1S/C18H11BrN4O2S/c19-15-8-14(23(24)25)6-7-16(15)21-10-13(9-20)18-22-17(11-26-18)12-4-2-1-3-5-12/h1-8,10-11,21H/b13-10+. The summed E-state index contributed by atoms with van der Waals surface area (Å²) < 4.78 is 0.532. The van der Waals surface area contributed by atoms with Gasteiger partial charge in [0.15, 0.2) is 0 Å². The van der Waals surface area contributed by atoms with Gasteiger partial charge >= 0.3 is 0 Å². The van der Waals surface area contributed by atoms with Gasteiger partial charge in [0, 0.05) is 33.7 Å². The van der Waals surface area contributed by atoms with Gasteiger partial charge in [-0.05, 0) is 22.0 Å². The minimum atomic E-state index is -0.467. The average Bonchev–Trinajstić information content (AvgIpc) is 3.14. The van der Waals surface area contributed by atoms with E-state index in [2.05, 4.69) is 32.3 Å². The third-order valence-electron chi connectivity index (χ3n) is 3.46. The van der Waals surface area contributed by atoms with Crippen LogP contribution in [0.2, 0.25) is 0 Å². The lowest BCUT2D eigenvalue weighted by atomic mass is 10.2. The van der Waals surface area contributed by atoms with E-state index in [-0.39, 0.29) is 5.69 Å². The number of allylic oxidation sites excluding steroid dienone is 1. The Hall–Kier alpha value is -3.02. The van der Waals surface area contributed by atoms with Crippen LogP contribution in [0.1, 0.15) is 5.01 Å². The number of aromatic nitrogens is 1. The fourth-order valence-corrected chi connectivity index (χ4v) is 3.44. The summed E-state index contributed by atoms with van der Waals surface area (Å²) >= 11 is 4.67. The lowest BCUT2D eigenvalue weighted by Crippen LogP contribution is -1.94. The molecule has 3 aromatic rings. The van der Waals surface area contributed by atoms with Crippen molar-refractivity contribution in [3.8, 4) is 17.3 Å². The van der Waals surface area contributed by atoms with Gasteiger partial charge in [0.05, 0.1) is 16.3 Å². The number of nitriles is 1. The Morgan fingerprint density at radius 3 is 2.73 bits per heavy atom. The number of anilines is 1. The van der Waals surface area contributed by atoms with Crippen molar-refractivity contribution in [1.82, 2.24) is 4.98 Å². The molecule has 0 amide bonds. The van der Waals surface area contributed by atoms with Crippen molar-refractivity contribution >= 4 is 44.2 Å². The number of hydrogen-bond acceptors (Lipinski definition) is 6. The first-order valence-electron chi connectivity index (χ1n) is 7.40. The predicted molar refractivity (Wildman–Crippen MR) is 106 cm³/mol. The van der Waals surface area contributed by atoms with E-state index in [0.29, 0.717) is 20.7 Å². The molecule has 1 N–H and O–H groups in total. The van der Waals surface area contributed by atoms with Crippen LogP contribution in [0.25, 0.3) is 16.8 Å². The molecule has 0 saturated heterocycles. The predicted octanol–water partition coefficient (Wildman–Crippen LogP) is 5.46. The number of nitro groups is 1. The molecule has 1 aromatic heterocycles. The van der Waals surface area contributed by atoms with Crippen LogP contribution < -0.4 is 5.32 Å². The van der Waals surface area contributed by atoms with Crippen LogP contribution in [0.15, 0.2) is 64.6 Å². The van der Waals surface area contributed by atoms with E-state index in [1.807, 2.05) is 35.7 Å². The topological polar surface area (TPSA) is 91.8 Å². The Kier molecular flexibility index (Phi) is 5.41. The van der Waals surface area contributed by atoms with Crippen molar-refractivity contribution in [1.29, 1.82) is 5.26 Å². The summed E-state index contributed by atoms with van der Waals surface area (Å²) in [5, 5.41) is 25.7. The first-order valence-corrected chi connectivity index (χ1v) is 9.08. The molecule has 3 rings (SSSR count). The van der Waals surface area contributed by atoms with Gasteiger partial charge in [-0.1, -0.05) is 30.3 Å². The summed E-state index contributed by atoms with van der Waals surface area (Å²) in [4.78, 5) is 14.8. The summed E-state index contributed by atoms with van der Waals surface area (Å²) in [5.41, 5.74) is 2.77. The van der Waals surface area contributed by atoms with Gasteiger partial charge in [0.2, 0.25) is 0 Å². The largest absolute Gasteiger partial charge is 0.359 e. The zero-order valence-electron chi connectivity index (χ0n) is 13.2. The van der Waals surface area contributed by atoms with Gasteiger partial charge < -0.3 is 5.32 Å². The maximum Gasteiger partial charge on any atom is 0.270 e. The summed E-state index contributed by atoms with van der Waals surface area (Å²) in [6.45, 7) is 0. The number of nitro benzene ring substituents is 1. The Labute approximate surface area is 161 Å². The van der Waals surface area contributed by atoms with Crippen LogP contribution in [-0.4, -0.2) is 9.91 Å². The fourth-order valence-electron chi connectivity index (χ4n) is 2.17. The maximum absolute atomic E-state index is 10.8. The molecule has 0 unspecified atom stereocenters. The first kappa shape index (κ1) is 17.8. The second-order valence-electron chi connectivity index (χ2n) is 5.14. The average molecular weight is 427 g/mol. The highest BCUT2D eigenvalue weighted by Gasteiger charge is 2.11. The number of rotatable bonds is 5. The first-order chi connectivity index (χ1) is 12.6. The number of benzene rings is 2. The monoisotopic (exact) mass is 426 g/mol. The van der Waals surface area contributed by atoms with E-state index in [1.54, 1.807) is 12.3 Å². The van der Waals surface area contributed by atoms with Gasteiger partial charge in [-0.3, -0.25) is 10.1 Å². The smallest absolute Gasteiger partial charge is 0.270 e. The van der Waals surface area contributed by atoms with E-state index in [4.69, 9.17) is 0 Å². The summed E-state index contributed by atoms with van der Waals surface area (Å²) in [6.07, 6.45) is 1.54. The zero-order valence-corrected chi connectivity index (χ0v) is 15.6. The molecule has 0 radical (unpaired) electrons. The Balaban J connectivity index is 1.83. The van der Waals surface area contributed by atoms with Gasteiger partial charge in [0.1, 0.15) is 16.6 Å². The molecule has 128 valence electrons. The van der Waals surface area contributed by atoms with Crippen LogP contribution in [0.3, 0.4) is 0 Å². The van der Waals surface area contributed by atoms with Crippen LogP contribution in [0.4, 0.5) is 11.4 Å². The number of nitrogens with one attached hydrogen (secondary N) is 1. The van der Waals surface area contributed by atoms with Gasteiger partial charge in [-0.2, -0.15) is 5.26 Å². The van der Waals surface area contributed by atoms with E-state index in [1.165, 1.54) is 23.5 Å². The summed E-state index contributed by atoms with van der Waals surface area (Å²) in [5.74, 6) is 0. The Morgan fingerprint density at radius 2 is 2.08 bits per heavy atom. The Morgan fingerprint density at radius 1 is 1.31 bits per heavy atom. The van der Waals surface area contributed by atoms with Crippen LogP contribution >= 0.6 is 27.3 Å². The molecule has 8 heteroatoms. The molecule has 0 atom stereocenters.